The quantitative estimate of drug-likeness (QED) is 0.607. The monoisotopic (exact) mass is 369 g/mol. The molecule has 1 fully saturated rings. The lowest BCUT2D eigenvalue weighted by atomic mass is 10.1. The predicted octanol–water partition coefficient (Wildman–Crippen LogP) is 2.28. The van der Waals surface area contributed by atoms with Crippen LogP contribution >= 0.6 is 0 Å². The van der Waals surface area contributed by atoms with Crippen LogP contribution in [0.4, 0.5) is 5.69 Å². The number of benzene rings is 2. The number of non-ortho nitro benzene ring substituents is 1. The van der Waals surface area contributed by atoms with Gasteiger partial charge in [0, 0.05) is 50.4 Å². The minimum absolute atomic E-state index is 0.0247. The summed E-state index contributed by atoms with van der Waals surface area (Å²) >= 11 is 0. The van der Waals surface area contributed by atoms with Crippen LogP contribution in [0.15, 0.2) is 42.5 Å². The molecular formula is C19H19N3O5. The van der Waals surface area contributed by atoms with Gasteiger partial charge in [-0.1, -0.05) is 12.1 Å². The molecule has 2 aliphatic rings. The molecule has 27 heavy (non-hydrogen) atoms. The zero-order chi connectivity index (χ0) is 18.8. The number of hydrogen-bond acceptors (Lipinski definition) is 6. The van der Waals surface area contributed by atoms with Gasteiger partial charge < -0.3 is 14.4 Å². The summed E-state index contributed by atoms with van der Waals surface area (Å²) in [5.41, 5.74) is 1.59. The van der Waals surface area contributed by atoms with Crippen molar-refractivity contribution in [2.24, 2.45) is 0 Å². The Morgan fingerprint density at radius 1 is 1.04 bits per heavy atom. The van der Waals surface area contributed by atoms with Crippen LogP contribution in [0, 0.1) is 10.1 Å². The number of ether oxygens (including phenoxy) is 2. The molecule has 2 aromatic rings. The highest BCUT2D eigenvalue weighted by atomic mass is 16.7. The average molecular weight is 369 g/mol. The first-order valence-corrected chi connectivity index (χ1v) is 8.75. The van der Waals surface area contributed by atoms with Crippen molar-refractivity contribution >= 4 is 11.6 Å². The van der Waals surface area contributed by atoms with Crippen LogP contribution in [-0.2, 0) is 6.54 Å². The van der Waals surface area contributed by atoms with Crippen molar-refractivity contribution in [3.05, 3.63) is 63.7 Å². The summed E-state index contributed by atoms with van der Waals surface area (Å²) in [6.07, 6.45) is 0. The van der Waals surface area contributed by atoms with Crippen molar-refractivity contribution in [3.8, 4) is 11.5 Å². The maximum atomic E-state index is 12.7. The van der Waals surface area contributed by atoms with Gasteiger partial charge in [0.25, 0.3) is 11.6 Å². The zero-order valence-corrected chi connectivity index (χ0v) is 14.7. The smallest absolute Gasteiger partial charge is 0.269 e. The van der Waals surface area contributed by atoms with E-state index in [0.717, 1.165) is 18.7 Å². The summed E-state index contributed by atoms with van der Waals surface area (Å²) in [7, 11) is 0. The van der Waals surface area contributed by atoms with Crippen molar-refractivity contribution in [2.45, 2.75) is 6.54 Å². The largest absolute Gasteiger partial charge is 0.454 e. The van der Waals surface area contributed by atoms with Crippen molar-refractivity contribution in [2.75, 3.05) is 33.0 Å². The fourth-order valence-corrected chi connectivity index (χ4v) is 3.35. The first-order valence-electron chi connectivity index (χ1n) is 8.75. The lowest BCUT2D eigenvalue weighted by Gasteiger charge is -2.34. The fraction of sp³-hybridized carbons (Fsp3) is 0.316. The molecule has 8 nitrogen and oxygen atoms in total. The first kappa shape index (κ1) is 17.3. The molecule has 1 amide bonds. The molecule has 4 rings (SSSR count). The molecular weight excluding hydrogens is 350 g/mol. The molecule has 0 N–H and O–H groups in total. The summed E-state index contributed by atoms with van der Waals surface area (Å²) < 4.78 is 10.6. The Labute approximate surface area is 156 Å². The Bertz CT molecular complexity index is 877. The molecule has 2 aliphatic heterocycles. The first-order chi connectivity index (χ1) is 13.1. The molecule has 0 radical (unpaired) electrons. The van der Waals surface area contributed by atoms with Gasteiger partial charge in [-0.05, 0) is 23.8 Å². The number of carbonyl (C=O) groups excluding carboxylic acids is 1. The minimum atomic E-state index is -0.383. The number of nitro groups is 1. The van der Waals surface area contributed by atoms with Crippen molar-refractivity contribution < 1.29 is 19.2 Å². The highest BCUT2D eigenvalue weighted by molar-refractivity contribution is 5.95. The number of rotatable bonds is 4. The molecule has 2 aromatic carbocycles. The van der Waals surface area contributed by atoms with E-state index < -0.39 is 0 Å². The fourth-order valence-electron chi connectivity index (χ4n) is 3.35. The standard InChI is InChI=1S/C19H19N3O5/c23-19(15-4-5-17-18(11-15)27-13-26-17)21-8-6-20(7-9-21)12-14-2-1-3-16(10-14)22(24)25/h1-5,10-11H,6-9,12-13H2. The Hall–Kier alpha value is -3.13. The summed E-state index contributed by atoms with van der Waals surface area (Å²) in [4.78, 5) is 27.3. The maximum absolute atomic E-state index is 12.7. The molecule has 1 saturated heterocycles. The van der Waals surface area contributed by atoms with Gasteiger partial charge in [0.2, 0.25) is 6.79 Å². The van der Waals surface area contributed by atoms with E-state index in [1.165, 1.54) is 6.07 Å². The maximum Gasteiger partial charge on any atom is 0.269 e. The molecule has 0 saturated carbocycles. The third-order valence-electron chi connectivity index (χ3n) is 4.81. The number of hydrogen-bond donors (Lipinski definition) is 0. The molecule has 0 aliphatic carbocycles. The third kappa shape index (κ3) is 3.70. The minimum Gasteiger partial charge on any atom is -0.454 e. The van der Waals surface area contributed by atoms with Gasteiger partial charge in [0.15, 0.2) is 11.5 Å². The van der Waals surface area contributed by atoms with E-state index in [-0.39, 0.29) is 23.3 Å². The van der Waals surface area contributed by atoms with E-state index in [4.69, 9.17) is 9.47 Å². The van der Waals surface area contributed by atoms with Crippen molar-refractivity contribution in [1.29, 1.82) is 0 Å². The van der Waals surface area contributed by atoms with Gasteiger partial charge in [-0.15, -0.1) is 0 Å². The molecule has 0 atom stereocenters. The second kappa shape index (κ2) is 7.24. The number of nitrogens with zero attached hydrogens (tertiary/aromatic N) is 3. The lowest BCUT2D eigenvalue weighted by molar-refractivity contribution is -0.384. The van der Waals surface area contributed by atoms with Gasteiger partial charge in [-0.25, -0.2) is 0 Å². The molecule has 140 valence electrons. The van der Waals surface area contributed by atoms with Crippen molar-refractivity contribution in [3.63, 3.8) is 0 Å². The number of nitro benzene ring substituents is 1. The topological polar surface area (TPSA) is 85.2 Å². The van der Waals surface area contributed by atoms with Crippen molar-refractivity contribution in [1.82, 2.24) is 9.80 Å². The number of carbonyl (C=O) groups is 1. The number of amides is 1. The van der Waals surface area contributed by atoms with Crippen LogP contribution in [0.2, 0.25) is 0 Å². The van der Waals surface area contributed by atoms with Crippen LogP contribution in [0.25, 0.3) is 0 Å². The predicted molar refractivity (Wildman–Crippen MR) is 96.8 cm³/mol. The van der Waals surface area contributed by atoms with E-state index in [1.54, 1.807) is 30.3 Å². The SMILES string of the molecule is O=C(c1ccc2c(c1)OCO2)N1CCN(Cc2cccc([N+](=O)[O-])c2)CC1. The summed E-state index contributed by atoms with van der Waals surface area (Å²) in [5.74, 6) is 1.24. The van der Waals surface area contributed by atoms with Crippen LogP contribution < -0.4 is 9.47 Å². The number of piperazine rings is 1. The second-order valence-corrected chi connectivity index (χ2v) is 6.56. The van der Waals surface area contributed by atoms with E-state index in [9.17, 15) is 14.9 Å². The van der Waals surface area contributed by atoms with E-state index in [2.05, 4.69) is 4.90 Å². The highest BCUT2D eigenvalue weighted by Crippen LogP contribution is 2.32. The molecule has 0 aromatic heterocycles. The van der Waals surface area contributed by atoms with Crippen LogP contribution in [-0.4, -0.2) is 53.6 Å². The van der Waals surface area contributed by atoms with E-state index in [0.29, 0.717) is 36.7 Å². The van der Waals surface area contributed by atoms with Crippen LogP contribution in [0.3, 0.4) is 0 Å². The Kier molecular flexibility index (Phi) is 4.64. The number of fused-ring (bicyclic) bond motifs is 1. The van der Waals surface area contributed by atoms with Gasteiger partial charge >= 0.3 is 0 Å². The summed E-state index contributed by atoms with van der Waals surface area (Å²) in [6, 6.07) is 11.9. The molecule has 0 bridgehead atoms. The average Bonchev–Trinajstić information content (AvgIpc) is 3.16. The van der Waals surface area contributed by atoms with E-state index in [1.807, 2.05) is 11.0 Å². The molecule has 0 unspecified atom stereocenters. The normalized spacial score (nSPS) is 16.4. The Morgan fingerprint density at radius 3 is 2.59 bits per heavy atom. The molecule has 0 spiro atoms. The van der Waals surface area contributed by atoms with Gasteiger partial charge in [0.1, 0.15) is 0 Å². The summed E-state index contributed by atoms with van der Waals surface area (Å²) in [5, 5.41) is 10.9. The third-order valence-corrected chi connectivity index (χ3v) is 4.81. The zero-order valence-electron chi connectivity index (χ0n) is 14.7. The summed E-state index contributed by atoms with van der Waals surface area (Å²) in [6.45, 7) is 3.49. The van der Waals surface area contributed by atoms with Gasteiger partial charge in [-0.2, -0.15) is 0 Å². The molecule has 8 heteroatoms. The Morgan fingerprint density at radius 2 is 1.81 bits per heavy atom. The van der Waals surface area contributed by atoms with Gasteiger partial charge in [-0.3, -0.25) is 19.8 Å². The molecule has 2 heterocycles. The second-order valence-electron chi connectivity index (χ2n) is 6.56. The van der Waals surface area contributed by atoms with Crippen LogP contribution in [0.1, 0.15) is 15.9 Å². The lowest BCUT2D eigenvalue weighted by Crippen LogP contribution is -2.48. The van der Waals surface area contributed by atoms with Crippen LogP contribution in [0.5, 0.6) is 11.5 Å². The highest BCUT2D eigenvalue weighted by Gasteiger charge is 2.24. The van der Waals surface area contributed by atoms with E-state index >= 15 is 0 Å². The van der Waals surface area contributed by atoms with Gasteiger partial charge in [0.05, 0.1) is 4.92 Å². The Balaban J connectivity index is 1.35.